The van der Waals surface area contributed by atoms with Crippen molar-refractivity contribution in [2.75, 3.05) is 38.1 Å². The molecule has 1 aromatic carbocycles. The van der Waals surface area contributed by atoms with Gasteiger partial charge in [-0.2, -0.15) is 0 Å². The number of hydrogen-bond acceptors (Lipinski definition) is 4. The van der Waals surface area contributed by atoms with Crippen molar-refractivity contribution in [3.05, 3.63) is 51.1 Å². The molecule has 0 bridgehead atoms. The summed E-state index contributed by atoms with van der Waals surface area (Å²) in [6.45, 7) is 6.89. The summed E-state index contributed by atoms with van der Waals surface area (Å²) in [5.41, 5.74) is 0.946. The zero-order chi connectivity index (χ0) is 17.8. The lowest BCUT2D eigenvalue weighted by Gasteiger charge is -2.38. The number of nitrogens with zero attached hydrogens (tertiary/aromatic N) is 3. The summed E-state index contributed by atoms with van der Waals surface area (Å²) in [6, 6.07) is 14.0. The van der Waals surface area contributed by atoms with Crippen LogP contribution in [0, 0.1) is 0 Å². The predicted molar refractivity (Wildman–Crippen MR) is 108 cm³/mol. The van der Waals surface area contributed by atoms with Crippen molar-refractivity contribution in [3.8, 4) is 0 Å². The monoisotopic (exact) mass is 421 g/mol. The number of thiophene rings is 1. The summed E-state index contributed by atoms with van der Waals surface area (Å²) in [6.07, 6.45) is 0. The van der Waals surface area contributed by atoms with Gasteiger partial charge in [0.05, 0.1) is 9.83 Å². The highest BCUT2D eigenvalue weighted by Gasteiger charge is 2.28. The smallest absolute Gasteiger partial charge is 0.243 e. The van der Waals surface area contributed by atoms with Crippen LogP contribution in [0.4, 0.5) is 5.69 Å². The Morgan fingerprint density at radius 1 is 1.16 bits per heavy atom. The van der Waals surface area contributed by atoms with Gasteiger partial charge in [0.25, 0.3) is 0 Å². The molecule has 0 radical (unpaired) electrons. The van der Waals surface area contributed by atoms with E-state index in [1.807, 2.05) is 44.3 Å². The van der Waals surface area contributed by atoms with Gasteiger partial charge in [-0.3, -0.25) is 14.6 Å². The molecule has 0 spiro atoms. The van der Waals surface area contributed by atoms with Crippen molar-refractivity contribution in [1.29, 1.82) is 0 Å². The highest BCUT2D eigenvalue weighted by molar-refractivity contribution is 9.11. The topological polar surface area (TPSA) is 26.8 Å². The Morgan fingerprint density at radius 3 is 2.44 bits per heavy atom. The molecule has 0 N–H and O–H groups in total. The number of para-hydroxylation sites is 1. The Labute approximate surface area is 162 Å². The van der Waals surface area contributed by atoms with Crippen LogP contribution in [-0.4, -0.2) is 55.0 Å². The average molecular weight is 422 g/mol. The van der Waals surface area contributed by atoms with Gasteiger partial charge in [0.15, 0.2) is 0 Å². The van der Waals surface area contributed by atoms with Crippen molar-refractivity contribution in [2.24, 2.45) is 0 Å². The summed E-state index contributed by atoms with van der Waals surface area (Å²) in [5, 5.41) is 0. The van der Waals surface area contributed by atoms with Crippen LogP contribution in [-0.2, 0) is 11.3 Å². The van der Waals surface area contributed by atoms with Crippen molar-refractivity contribution < 1.29 is 4.79 Å². The van der Waals surface area contributed by atoms with Gasteiger partial charge in [0, 0.05) is 50.3 Å². The van der Waals surface area contributed by atoms with Gasteiger partial charge >= 0.3 is 0 Å². The fraction of sp³-hybridized carbons (Fsp3) is 0.421. The lowest BCUT2D eigenvalue weighted by atomic mass is 10.2. The third-order valence-electron chi connectivity index (χ3n) is 4.79. The zero-order valence-corrected chi connectivity index (χ0v) is 17.1. The number of piperazine rings is 1. The van der Waals surface area contributed by atoms with Crippen LogP contribution in [0.1, 0.15) is 11.8 Å². The van der Waals surface area contributed by atoms with E-state index in [1.165, 1.54) is 8.66 Å². The minimum absolute atomic E-state index is 0.0942. The Bertz CT molecular complexity index is 698. The summed E-state index contributed by atoms with van der Waals surface area (Å²) in [4.78, 5) is 20.7. The lowest BCUT2D eigenvalue weighted by Crippen LogP contribution is -2.53. The fourth-order valence-corrected chi connectivity index (χ4v) is 4.71. The first kappa shape index (κ1) is 18.6. The van der Waals surface area contributed by atoms with Gasteiger partial charge in [-0.05, 0) is 47.1 Å². The standard InChI is InChI=1S/C19H24BrN3OS/c1-15(19(24)21(2)16-6-4-3-5-7-16)23-12-10-22(11-13-23)14-17-8-9-18(20)25-17/h3-9,15H,10-14H2,1-2H3/t15-/m1/s1. The van der Waals surface area contributed by atoms with Crippen molar-refractivity contribution >= 4 is 38.9 Å². The molecule has 1 aliphatic rings. The molecule has 134 valence electrons. The molecule has 1 saturated heterocycles. The maximum Gasteiger partial charge on any atom is 0.243 e. The fourth-order valence-electron chi connectivity index (χ4n) is 3.18. The van der Waals surface area contributed by atoms with E-state index in [2.05, 4.69) is 37.9 Å². The number of rotatable bonds is 5. The number of likely N-dealkylation sites (N-methyl/N-ethyl adjacent to an activating group) is 1. The zero-order valence-electron chi connectivity index (χ0n) is 14.7. The molecule has 6 heteroatoms. The molecule has 0 unspecified atom stereocenters. The van der Waals surface area contributed by atoms with E-state index < -0.39 is 0 Å². The molecule has 0 aliphatic carbocycles. The number of halogens is 1. The molecule has 1 atom stereocenters. The van der Waals surface area contributed by atoms with Crippen LogP contribution in [0.25, 0.3) is 0 Å². The molecular weight excluding hydrogens is 398 g/mol. The van der Waals surface area contributed by atoms with Gasteiger partial charge in [-0.25, -0.2) is 0 Å². The van der Waals surface area contributed by atoms with Gasteiger partial charge in [0.1, 0.15) is 0 Å². The first-order valence-corrected chi connectivity index (χ1v) is 10.2. The second-order valence-corrected chi connectivity index (χ2v) is 8.97. The maximum atomic E-state index is 12.8. The van der Waals surface area contributed by atoms with E-state index >= 15 is 0 Å². The number of hydrogen-bond donors (Lipinski definition) is 0. The minimum Gasteiger partial charge on any atom is -0.314 e. The quantitative estimate of drug-likeness (QED) is 0.736. The van der Waals surface area contributed by atoms with Gasteiger partial charge in [-0.15, -0.1) is 11.3 Å². The molecule has 1 aromatic heterocycles. The highest BCUT2D eigenvalue weighted by atomic mass is 79.9. The Balaban J connectivity index is 1.52. The molecule has 2 aromatic rings. The summed E-state index contributed by atoms with van der Waals surface area (Å²) in [5.74, 6) is 0.154. The highest BCUT2D eigenvalue weighted by Crippen LogP contribution is 2.24. The number of carbonyl (C=O) groups is 1. The van der Waals surface area contributed by atoms with E-state index in [0.29, 0.717) is 0 Å². The normalized spacial score (nSPS) is 17.4. The average Bonchev–Trinajstić information content (AvgIpc) is 3.06. The van der Waals surface area contributed by atoms with Gasteiger partial charge < -0.3 is 4.90 Å². The Kier molecular flexibility index (Phi) is 6.28. The minimum atomic E-state index is -0.0942. The van der Waals surface area contributed by atoms with E-state index in [4.69, 9.17) is 0 Å². The molecule has 1 aliphatic heterocycles. The van der Waals surface area contributed by atoms with Crippen LogP contribution in [0.2, 0.25) is 0 Å². The summed E-state index contributed by atoms with van der Waals surface area (Å²) >= 11 is 5.32. The van der Waals surface area contributed by atoms with Crippen LogP contribution in [0.3, 0.4) is 0 Å². The van der Waals surface area contributed by atoms with Crippen molar-refractivity contribution in [2.45, 2.75) is 19.5 Å². The van der Waals surface area contributed by atoms with Crippen LogP contribution in [0.5, 0.6) is 0 Å². The van der Waals surface area contributed by atoms with Crippen LogP contribution >= 0.6 is 27.3 Å². The molecule has 1 amide bonds. The largest absolute Gasteiger partial charge is 0.314 e. The van der Waals surface area contributed by atoms with Gasteiger partial charge in [-0.1, -0.05) is 18.2 Å². The molecule has 4 nitrogen and oxygen atoms in total. The number of benzene rings is 1. The number of amides is 1. The molecule has 3 rings (SSSR count). The predicted octanol–water partition coefficient (Wildman–Crippen LogP) is 3.68. The molecular formula is C19H24BrN3OS. The van der Waals surface area contributed by atoms with Crippen molar-refractivity contribution in [3.63, 3.8) is 0 Å². The molecule has 0 saturated carbocycles. The Morgan fingerprint density at radius 2 is 1.84 bits per heavy atom. The van der Waals surface area contributed by atoms with E-state index in [9.17, 15) is 4.79 Å². The second-order valence-electron chi connectivity index (χ2n) is 6.43. The SMILES string of the molecule is C[C@H](C(=O)N(C)c1ccccc1)N1CCN(Cc2ccc(Br)s2)CC1. The maximum absolute atomic E-state index is 12.8. The van der Waals surface area contributed by atoms with E-state index in [1.54, 1.807) is 16.2 Å². The molecule has 2 heterocycles. The first-order chi connectivity index (χ1) is 12.0. The van der Waals surface area contributed by atoms with E-state index in [-0.39, 0.29) is 11.9 Å². The second kappa shape index (κ2) is 8.45. The van der Waals surface area contributed by atoms with Gasteiger partial charge in [0.2, 0.25) is 5.91 Å². The molecule has 25 heavy (non-hydrogen) atoms. The third-order valence-corrected chi connectivity index (χ3v) is 6.40. The van der Waals surface area contributed by atoms with E-state index in [0.717, 1.165) is 38.4 Å². The number of anilines is 1. The lowest BCUT2D eigenvalue weighted by molar-refractivity contribution is -0.123. The first-order valence-electron chi connectivity index (χ1n) is 8.58. The van der Waals surface area contributed by atoms with Crippen LogP contribution in [0.15, 0.2) is 46.3 Å². The molecule has 1 fully saturated rings. The van der Waals surface area contributed by atoms with Crippen LogP contribution < -0.4 is 4.90 Å². The summed E-state index contributed by atoms with van der Waals surface area (Å²) < 4.78 is 1.18. The third kappa shape index (κ3) is 4.70. The van der Waals surface area contributed by atoms with Crippen molar-refractivity contribution in [1.82, 2.24) is 9.80 Å². The summed E-state index contributed by atoms with van der Waals surface area (Å²) in [7, 11) is 1.86. The number of carbonyl (C=O) groups excluding carboxylic acids is 1. The Hall–Kier alpha value is -1.21.